The lowest BCUT2D eigenvalue weighted by atomic mass is 10.2. The minimum Gasteiger partial charge on any atom is -0.388 e. The molecular formula is C10H20NO2+. The van der Waals surface area contributed by atoms with Crippen molar-refractivity contribution in [2.45, 2.75) is 20.0 Å². The molecule has 0 saturated heterocycles. The van der Waals surface area contributed by atoms with Crippen LogP contribution in [0.1, 0.15) is 13.8 Å². The zero-order chi connectivity index (χ0) is 10.5. The van der Waals surface area contributed by atoms with Gasteiger partial charge in [-0.1, -0.05) is 6.08 Å². The van der Waals surface area contributed by atoms with E-state index in [4.69, 9.17) is 0 Å². The van der Waals surface area contributed by atoms with Gasteiger partial charge in [0.25, 0.3) is 0 Å². The molecule has 13 heavy (non-hydrogen) atoms. The Kier molecular flexibility index (Phi) is 4.88. The Morgan fingerprint density at radius 2 is 2.08 bits per heavy atom. The summed E-state index contributed by atoms with van der Waals surface area (Å²) in [5, 5.41) is 9.19. The van der Waals surface area contributed by atoms with Gasteiger partial charge in [-0.25, -0.2) is 0 Å². The third-order valence-electron chi connectivity index (χ3n) is 1.69. The van der Waals surface area contributed by atoms with Gasteiger partial charge in [-0.05, 0) is 19.9 Å². The van der Waals surface area contributed by atoms with Gasteiger partial charge in [-0.15, -0.1) is 0 Å². The molecule has 0 aliphatic rings. The predicted molar refractivity (Wildman–Crippen MR) is 53.3 cm³/mol. The van der Waals surface area contributed by atoms with Gasteiger partial charge in [-0.2, -0.15) is 0 Å². The fourth-order valence-electron chi connectivity index (χ4n) is 1.44. The van der Waals surface area contributed by atoms with Crippen LogP contribution in [0.4, 0.5) is 0 Å². The zero-order valence-electron chi connectivity index (χ0n) is 8.95. The van der Waals surface area contributed by atoms with Crippen molar-refractivity contribution in [3.63, 3.8) is 0 Å². The largest absolute Gasteiger partial charge is 0.388 e. The second-order valence-electron chi connectivity index (χ2n) is 4.09. The van der Waals surface area contributed by atoms with Crippen molar-refractivity contribution < 1.29 is 14.4 Å². The fourth-order valence-corrected chi connectivity index (χ4v) is 1.44. The Hall–Kier alpha value is -0.670. The van der Waals surface area contributed by atoms with E-state index in [2.05, 4.69) is 0 Å². The maximum absolute atomic E-state index is 11.3. The maximum atomic E-state index is 11.3. The molecule has 0 aliphatic carbocycles. The number of carbonyl (C=O) groups excluding carboxylic acids is 1. The summed E-state index contributed by atoms with van der Waals surface area (Å²) in [6.07, 6.45) is 2.95. The van der Waals surface area contributed by atoms with Crippen molar-refractivity contribution in [3.05, 3.63) is 12.2 Å². The smallest absolute Gasteiger partial charge is 0.209 e. The fraction of sp³-hybridized carbons (Fsp3) is 0.700. The van der Waals surface area contributed by atoms with Crippen molar-refractivity contribution in [1.29, 1.82) is 0 Å². The predicted octanol–water partition coefficient (Wildman–Crippen LogP) is 0.589. The van der Waals surface area contributed by atoms with Crippen molar-refractivity contribution in [2.75, 3.05) is 27.2 Å². The molecule has 0 aliphatic heterocycles. The lowest BCUT2D eigenvalue weighted by molar-refractivity contribution is -0.885. The molecule has 76 valence electrons. The van der Waals surface area contributed by atoms with E-state index in [1.807, 2.05) is 21.0 Å². The molecule has 1 N–H and O–H groups in total. The van der Waals surface area contributed by atoms with Gasteiger partial charge in [-0.3, -0.25) is 4.79 Å². The summed E-state index contributed by atoms with van der Waals surface area (Å²) in [7, 11) is 3.88. The molecule has 0 fully saturated rings. The van der Waals surface area contributed by atoms with E-state index in [-0.39, 0.29) is 11.9 Å². The Morgan fingerprint density at radius 3 is 2.46 bits per heavy atom. The first-order chi connectivity index (χ1) is 5.87. The van der Waals surface area contributed by atoms with Crippen LogP contribution >= 0.6 is 0 Å². The first-order valence-corrected chi connectivity index (χ1v) is 4.53. The average molecular weight is 186 g/mol. The van der Waals surface area contributed by atoms with Gasteiger partial charge < -0.3 is 9.59 Å². The number of hydrogen-bond acceptors (Lipinski definition) is 2. The SMILES string of the molecule is CC=CC(=O)C[N+](C)(C)CC(C)O. The van der Waals surface area contributed by atoms with Crippen LogP contribution in [0, 0.1) is 0 Å². The number of rotatable bonds is 5. The average Bonchev–Trinajstić information content (AvgIpc) is 1.81. The minimum absolute atomic E-state index is 0.105. The van der Waals surface area contributed by atoms with Crippen molar-refractivity contribution in [2.24, 2.45) is 0 Å². The lowest BCUT2D eigenvalue weighted by Gasteiger charge is -2.29. The van der Waals surface area contributed by atoms with Gasteiger partial charge in [0.1, 0.15) is 19.2 Å². The Bertz CT molecular complexity index is 195. The molecule has 3 nitrogen and oxygen atoms in total. The summed E-state index contributed by atoms with van der Waals surface area (Å²) < 4.78 is 0.529. The van der Waals surface area contributed by atoms with Gasteiger partial charge >= 0.3 is 0 Å². The highest BCUT2D eigenvalue weighted by molar-refractivity contribution is 5.90. The molecule has 0 amide bonds. The summed E-state index contributed by atoms with van der Waals surface area (Å²) in [4.78, 5) is 11.3. The molecule has 3 heteroatoms. The number of quaternary nitrogens is 1. The molecular weight excluding hydrogens is 166 g/mol. The van der Waals surface area contributed by atoms with Crippen LogP contribution in [0.15, 0.2) is 12.2 Å². The highest BCUT2D eigenvalue weighted by Gasteiger charge is 2.20. The molecule has 1 unspecified atom stereocenters. The number of ketones is 1. The first-order valence-electron chi connectivity index (χ1n) is 4.53. The molecule has 0 radical (unpaired) electrons. The molecule has 0 bridgehead atoms. The van der Waals surface area contributed by atoms with E-state index in [0.29, 0.717) is 17.6 Å². The van der Waals surface area contributed by atoms with E-state index < -0.39 is 0 Å². The Morgan fingerprint density at radius 1 is 1.54 bits per heavy atom. The molecule has 0 aromatic carbocycles. The van der Waals surface area contributed by atoms with Crippen LogP contribution in [-0.4, -0.2) is 48.7 Å². The summed E-state index contributed by atoms with van der Waals surface area (Å²) in [5.74, 6) is 0.105. The number of likely N-dealkylation sites (N-methyl/N-ethyl adjacent to an activating group) is 1. The summed E-state index contributed by atoms with van der Waals surface area (Å²) in [5.41, 5.74) is 0. The third-order valence-corrected chi connectivity index (χ3v) is 1.69. The van der Waals surface area contributed by atoms with Crippen LogP contribution in [-0.2, 0) is 4.79 Å². The quantitative estimate of drug-likeness (QED) is 0.504. The molecule has 0 spiro atoms. The zero-order valence-corrected chi connectivity index (χ0v) is 8.95. The van der Waals surface area contributed by atoms with E-state index in [0.717, 1.165) is 0 Å². The van der Waals surface area contributed by atoms with Crippen molar-refractivity contribution >= 4 is 5.78 Å². The van der Waals surface area contributed by atoms with E-state index in [1.165, 1.54) is 0 Å². The molecule has 0 aromatic heterocycles. The number of nitrogens with zero attached hydrogens (tertiary/aromatic N) is 1. The summed E-state index contributed by atoms with van der Waals surface area (Å²) in [6, 6.07) is 0. The molecule has 0 rings (SSSR count). The Balaban J connectivity index is 4.08. The monoisotopic (exact) mass is 186 g/mol. The topological polar surface area (TPSA) is 37.3 Å². The normalized spacial score (nSPS) is 14.8. The van der Waals surface area contributed by atoms with E-state index >= 15 is 0 Å². The number of carbonyl (C=O) groups is 1. The van der Waals surface area contributed by atoms with Crippen LogP contribution in [0.3, 0.4) is 0 Å². The molecule has 1 atom stereocenters. The van der Waals surface area contributed by atoms with Crippen LogP contribution in [0.25, 0.3) is 0 Å². The summed E-state index contributed by atoms with van der Waals surface area (Å²) >= 11 is 0. The molecule has 0 heterocycles. The standard InChI is InChI=1S/C10H20NO2/c1-5-6-10(13)8-11(3,4)7-9(2)12/h5-6,9,12H,7-8H2,1-4H3/q+1. The minimum atomic E-state index is -0.367. The maximum Gasteiger partial charge on any atom is 0.209 e. The van der Waals surface area contributed by atoms with Crippen molar-refractivity contribution in [3.8, 4) is 0 Å². The third kappa shape index (κ3) is 6.49. The molecule has 0 aromatic rings. The van der Waals surface area contributed by atoms with E-state index in [9.17, 15) is 9.90 Å². The van der Waals surface area contributed by atoms with Crippen LogP contribution in [0.5, 0.6) is 0 Å². The number of hydrogen-bond donors (Lipinski definition) is 1. The second-order valence-corrected chi connectivity index (χ2v) is 4.09. The molecule has 0 saturated carbocycles. The lowest BCUT2D eigenvalue weighted by Crippen LogP contribution is -2.47. The first kappa shape index (κ1) is 12.3. The Labute approximate surface area is 80.3 Å². The van der Waals surface area contributed by atoms with Gasteiger partial charge in [0.2, 0.25) is 5.78 Å². The van der Waals surface area contributed by atoms with Gasteiger partial charge in [0, 0.05) is 0 Å². The number of aliphatic hydroxyl groups excluding tert-OH is 1. The second kappa shape index (κ2) is 5.14. The number of aliphatic hydroxyl groups is 1. The van der Waals surface area contributed by atoms with E-state index in [1.54, 1.807) is 19.1 Å². The van der Waals surface area contributed by atoms with Gasteiger partial charge in [0.15, 0.2) is 0 Å². The van der Waals surface area contributed by atoms with Crippen LogP contribution in [0.2, 0.25) is 0 Å². The van der Waals surface area contributed by atoms with Crippen molar-refractivity contribution in [1.82, 2.24) is 0 Å². The van der Waals surface area contributed by atoms with Gasteiger partial charge in [0.05, 0.1) is 14.1 Å². The highest BCUT2D eigenvalue weighted by atomic mass is 16.3. The van der Waals surface area contributed by atoms with Crippen LogP contribution < -0.4 is 0 Å². The highest BCUT2D eigenvalue weighted by Crippen LogP contribution is 2.00. The summed E-state index contributed by atoms with van der Waals surface area (Å²) in [6.45, 7) is 4.60. The number of allylic oxidation sites excluding steroid dienone is 1.